The molecule has 2 amide bonds. The van der Waals surface area contributed by atoms with Gasteiger partial charge in [-0.05, 0) is 49.2 Å². The van der Waals surface area contributed by atoms with Gasteiger partial charge in [0.25, 0.3) is 0 Å². The summed E-state index contributed by atoms with van der Waals surface area (Å²) in [6.07, 6.45) is 0.438. The number of carbonyl (C=O) groups is 2. The predicted molar refractivity (Wildman–Crippen MR) is 111 cm³/mol. The predicted octanol–water partition coefficient (Wildman–Crippen LogP) is 2.61. The lowest BCUT2D eigenvalue weighted by Gasteiger charge is -2.31. The first-order valence-electron chi connectivity index (χ1n) is 9.35. The first kappa shape index (κ1) is 21.6. The van der Waals surface area contributed by atoms with Gasteiger partial charge in [0.1, 0.15) is 5.75 Å². The Kier molecular flexibility index (Phi) is 6.58. The summed E-state index contributed by atoms with van der Waals surface area (Å²) in [6, 6.07) is 12.1. The average molecular weight is 433 g/mol. The van der Waals surface area contributed by atoms with E-state index in [9.17, 15) is 23.1 Å². The number of methoxy groups -OCH3 is 1. The van der Waals surface area contributed by atoms with Gasteiger partial charge in [-0.2, -0.15) is 4.31 Å². The van der Waals surface area contributed by atoms with Crippen LogP contribution in [0, 0.1) is 5.92 Å². The van der Waals surface area contributed by atoms with Crippen LogP contribution in [0.15, 0.2) is 53.4 Å². The number of carbonyl (C=O) groups excluding carboxylic acids is 2. The van der Waals surface area contributed by atoms with E-state index in [2.05, 4.69) is 15.4 Å². The summed E-state index contributed by atoms with van der Waals surface area (Å²) in [7, 11) is -2.57. The second kappa shape index (κ2) is 9.14. The van der Waals surface area contributed by atoms with Gasteiger partial charge in [-0.25, -0.2) is 13.2 Å². The van der Waals surface area contributed by atoms with Crippen molar-refractivity contribution in [3.8, 4) is 5.75 Å². The van der Waals surface area contributed by atoms with Gasteiger partial charge >= 0.3 is 6.09 Å². The number of piperidine rings is 1. The number of amides is 2. The molecule has 0 aliphatic carbocycles. The van der Waals surface area contributed by atoms with Crippen molar-refractivity contribution >= 4 is 33.4 Å². The average Bonchev–Trinajstić information content (AvgIpc) is 2.75. The quantitative estimate of drug-likeness (QED) is 0.623. The van der Waals surface area contributed by atoms with E-state index in [0.29, 0.717) is 25.1 Å². The minimum atomic E-state index is -3.80. The molecular weight excluding hydrogens is 410 g/mol. The molecule has 0 aromatic heterocycles. The van der Waals surface area contributed by atoms with Crippen molar-refractivity contribution < 1.29 is 27.9 Å². The molecule has 0 bridgehead atoms. The van der Waals surface area contributed by atoms with Crippen molar-refractivity contribution in [1.82, 2.24) is 4.31 Å². The van der Waals surface area contributed by atoms with Gasteiger partial charge in [0.15, 0.2) is 0 Å². The molecule has 0 radical (unpaired) electrons. The Morgan fingerprint density at radius 1 is 1.10 bits per heavy atom. The minimum Gasteiger partial charge on any atom is -0.506 e. The van der Waals surface area contributed by atoms with Gasteiger partial charge in [0, 0.05) is 18.8 Å². The van der Waals surface area contributed by atoms with E-state index in [1.807, 2.05) is 0 Å². The highest BCUT2D eigenvalue weighted by molar-refractivity contribution is 7.89. The number of phenolic OH excluding ortho intramolecular Hbond substituents is 1. The number of rotatable bonds is 5. The number of para-hydroxylation sites is 2. The molecule has 1 heterocycles. The number of ether oxygens (including phenoxy) is 1. The van der Waals surface area contributed by atoms with Crippen molar-refractivity contribution in [1.29, 1.82) is 0 Å². The summed E-state index contributed by atoms with van der Waals surface area (Å²) < 4.78 is 31.8. The number of hydrogen-bond donors (Lipinski definition) is 3. The molecule has 10 heteroatoms. The van der Waals surface area contributed by atoms with Gasteiger partial charge in [0.2, 0.25) is 15.9 Å². The molecule has 1 fully saturated rings. The van der Waals surface area contributed by atoms with Crippen molar-refractivity contribution in [2.75, 3.05) is 30.8 Å². The molecule has 160 valence electrons. The summed E-state index contributed by atoms with van der Waals surface area (Å²) in [6.45, 7) is 0.356. The van der Waals surface area contributed by atoms with Crippen molar-refractivity contribution in [3.63, 3.8) is 0 Å². The third-order valence-electron chi connectivity index (χ3n) is 4.84. The molecule has 1 aliphatic heterocycles. The maximum Gasteiger partial charge on any atom is 0.411 e. The zero-order valence-electron chi connectivity index (χ0n) is 16.4. The topological polar surface area (TPSA) is 125 Å². The highest BCUT2D eigenvalue weighted by Gasteiger charge is 2.33. The first-order chi connectivity index (χ1) is 14.3. The Hall–Kier alpha value is -3.11. The molecule has 1 atom stereocenters. The number of phenols is 1. The van der Waals surface area contributed by atoms with Crippen LogP contribution in [0.1, 0.15) is 12.8 Å². The van der Waals surface area contributed by atoms with E-state index in [0.717, 1.165) is 0 Å². The number of aromatic hydroxyl groups is 1. The van der Waals surface area contributed by atoms with E-state index in [1.165, 1.54) is 41.7 Å². The highest BCUT2D eigenvalue weighted by Crippen LogP contribution is 2.27. The smallest absolute Gasteiger partial charge is 0.411 e. The lowest BCUT2D eigenvalue weighted by molar-refractivity contribution is -0.120. The molecule has 30 heavy (non-hydrogen) atoms. The SMILES string of the molecule is COC(=O)Nc1ccc(S(=O)(=O)N2CCCC(C(=O)Nc3ccccc3O)C2)cc1. The number of nitrogens with one attached hydrogen (secondary N) is 2. The standard InChI is InChI=1S/C20H23N3O6S/c1-29-20(26)21-15-8-10-16(11-9-15)30(27,28)23-12-4-5-14(13-23)19(25)22-17-6-2-3-7-18(17)24/h2-3,6-11,14,24H,4-5,12-13H2,1H3,(H,21,26)(H,22,25). The molecule has 2 aromatic rings. The zero-order chi connectivity index (χ0) is 21.7. The Morgan fingerprint density at radius 2 is 1.80 bits per heavy atom. The minimum absolute atomic E-state index is 0.0456. The van der Waals surface area contributed by atoms with Gasteiger partial charge in [-0.3, -0.25) is 10.1 Å². The second-order valence-corrected chi connectivity index (χ2v) is 8.79. The number of sulfonamides is 1. The maximum absolute atomic E-state index is 13.0. The van der Waals surface area contributed by atoms with Crippen molar-refractivity contribution in [3.05, 3.63) is 48.5 Å². The Labute approximate surface area is 174 Å². The van der Waals surface area contributed by atoms with Crippen LogP contribution in [0.2, 0.25) is 0 Å². The van der Waals surface area contributed by atoms with Crippen LogP contribution < -0.4 is 10.6 Å². The highest BCUT2D eigenvalue weighted by atomic mass is 32.2. The van der Waals surface area contributed by atoms with Crippen LogP contribution in [-0.2, 0) is 19.6 Å². The van der Waals surface area contributed by atoms with Gasteiger partial charge in [-0.1, -0.05) is 12.1 Å². The lowest BCUT2D eigenvalue weighted by atomic mass is 9.98. The van der Waals surface area contributed by atoms with Crippen LogP contribution >= 0.6 is 0 Å². The zero-order valence-corrected chi connectivity index (χ0v) is 17.2. The van der Waals surface area contributed by atoms with Crippen LogP contribution in [0.25, 0.3) is 0 Å². The van der Waals surface area contributed by atoms with Crippen molar-refractivity contribution in [2.45, 2.75) is 17.7 Å². The molecule has 9 nitrogen and oxygen atoms in total. The summed E-state index contributed by atoms with van der Waals surface area (Å²) in [4.78, 5) is 23.9. The fourth-order valence-corrected chi connectivity index (χ4v) is 4.74. The summed E-state index contributed by atoms with van der Waals surface area (Å²) in [5, 5.41) is 14.9. The Bertz CT molecular complexity index is 1020. The molecule has 1 unspecified atom stereocenters. The first-order valence-corrected chi connectivity index (χ1v) is 10.8. The Balaban J connectivity index is 1.70. The third-order valence-corrected chi connectivity index (χ3v) is 6.72. The van der Waals surface area contributed by atoms with E-state index < -0.39 is 22.0 Å². The van der Waals surface area contributed by atoms with Gasteiger partial charge < -0.3 is 15.2 Å². The number of anilines is 2. The van der Waals surface area contributed by atoms with Gasteiger partial charge in [0.05, 0.1) is 23.6 Å². The van der Waals surface area contributed by atoms with E-state index in [4.69, 9.17) is 0 Å². The third kappa shape index (κ3) is 4.89. The normalized spacial score (nSPS) is 17.2. The molecule has 3 N–H and O–H groups in total. The van der Waals surface area contributed by atoms with Gasteiger partial charge in [-0.15, -0.1) is 0 Å². The monoisotopic (exact) mass is 433 g/mol. The number of benzene rings is 2. The van der Waals surface area contributed by atoms with E-state index in [-0.39, 0.29) is 28.8 Å². The lowest BCUT2D eigenvalue weighted by Crippen LogP contribution is -2.43. The molecule has 0 saturated carbocycles. The Morgan fingerprint density at radius 3 is 2.47 bits per heavy atom. The largest absolute Gasteiger partial charge is 0.506 e. The van der Waals surface area contributed by atoms with Crippen molar-refractivity contribution in [2.24, 2.45) is 5.92 Å². The fraction of sp³-hybridized carbons (Fsp3) is 0.300. The molecule has 0 spiro atoms. The van der Waals surface area contributed by atoms with Crippen LogP contribution in [-0.4, -0.2) is 50.0 Å². The van der Waals surface area contributed by atoms with Crippen LogP contribution in [0.4, 0.5) is 16.2 Å². The summed E-state index contributed by atoms with van der Waals surface area (Å²) >= 11 is 0. The molecule has 2 aromatic carbocycles. The molecular formula is C20H23N3O6S. The van der Waals surface area contributed by atoms with E-state index in [1.54, 1.807) is 18.2 Å². The van der Waals surface area contributed by atoms with E-state index >= 15 is 0 Å². The molecule has 1 saturated heterocycles. The second-order valence-electron chi connectivity index (χ2n) is 6.85. The van der Waals surface area contributed by atoms with Crippen LogP contribution in [0.3, 0.4) is 0 Å². The number of hydrogen-bond acceptors (Lipinski definition) is 6. The maximum atomic E-state index is 13.0. The summed E-state index contributed by atoms with van der Waals surface area (Å²) in [5.74, 6) is -0.922. The number of nitrogens with zero attached hydrogens (tertiary/aromatic N) is 1. The fourth-order valence-electron chi connectivity index (χ4n) is 3.22. The molecule has 3 rings (SSSR count). The molecule has 1 aliphatic rings. The summed E-state index contributed by atoms with van der Waals surface area (Å²) in [5.41, 5.74) is 0.690. The van der Waals surface area contributed by atoms with Crippen LogP contribution in [0.5, 0.6) is 5.75 Å².